The van der Waals surface area contributed by atoms with Gasteiger partial charge in [-0.25, -0.2) is 4.98 Å². The average Bonchev–Trinajstić information content (AvgIpc) is 3.11. The van der Waals surface area contributed by atoms with Crippen molar-refractivity contribution in [3.63, 3.8) is 0 Å². The number of aromatic amines is 1. The van der Waals surface area contributed by atoms with Crippen molar-refractivity contribution in [2.45, 2.75) is 18.8 Å². The van der Waals surface area contributed by atoms with Gasteiger partial charge in [0.15, 0.2) is 5.76 Å². The summed E-state index contributed by atoms with van der Waals surface area (Å²) < 4.78 is 5.16. The van der Waals surface area contributed by atoms with E-state index in [9.17, 15) is 4.79 Å². The molecule has 18 heavy (non-hydrogen) atoms. The van der Waals surface area contributed by atoms with E-state index in [1.54, 1.807) is 18.3 Å². The molecule has 1 aliphatic rings. The number of nitrogens with one attached hydrogen (secondary N) is 1. The third kappa shape index (κ3) is 2.03. The summed E-state index contributed by atoms with van der Waals surface area (Å²) in [5.41, 5.74) is 0. The maximum atomic E-state index is 12.2. The molecular weight excluding hydrogens is 230 g/mol. The highest BCUT2D eigenvalue weighted by atomic mass is 16.3. The Kier molecular flexibility index (Phi) is 2.88. The zero-order chi connectivity index (χ0) is 12.4. The van der Waals surface area contributed by atoms with E-state index >= 15 is 0 Å². The minimum atomic E-state index is -0.0312. The zero-order valence-electron chi connectivity index (χ0n) is 10.0. The molecule has 0 saturated carbocycles. The van der Waals surface area contributed by atoms with Crippen LogP contribution in [0.15, 0.2) is 35.2 Å². The zero-order valence-corrected chi connectivity index (χ0v) is 10.0. The molecule has 1 atom stereocenters. The molecule has 1 amide bonds. The molecule has 0 radical (unpaired) electrons. The van der Waals surface area contributed by atoms with Gasteiger partial charge in [-0.05, 0) is 25.0 Å². The number of amides is 1. The summed E-state index contributed by atoms with van der Waals surface area (Å²) in [4.78, 5) is 21.4. The van der Waals surface area contributed by atoms with E-state index in [-0.39, 0.29) is 5.91 Å². The van der Waals surface area contributed by atoms with Gasteiger partial charge in [0, 0.05) is 31.4 Å². The summed E-state index contributed by atoms with van der Waals surface area (Å²) in [6.45, 7) is 1.49. The van der Waals surface area contributed by atoms with Gasteiger partial charge < -0.3 is 14.3 Å². The predicted molar refractivity (Wildman–Crippen MR) is 65.2 cm³/mol. The second-order valence-corrected chi connectivity index (χ2v) is 4.54. The molecule has 1 N–H and O–H groups in total. The minimum absolute atomic E-state index is 0.0312. The molecule has 3 rings (SSSR count). The van der Waals surface area contributed by atoms with Gasteiger partial charge in [0.05, 0.1) is 6.26 Å². The topological polar surface area (TPSA) is 62.1 Å². The molecule has 0 bridgehead atoms. The molecule has 0 aliphatic carbocycles. The quantitative estimate of drug-likeness (QED) is 0.880. The lowest BCUT2D eigenvalue weighted by atomic mass is 9.97. The van der Waals surface area contributed by atoms with Crippen LogP contribution in [0.4, 0.5) is 0 Å². The van der Waals surface area contributed by atoms with Crippen LogP contribution in [-0.2, 0) is 0 Å². The van der Waals surface area contributed by atoms with Crippen molar-refractivity contribution in [1.82, 2.24) is 14.9 Å². The van der Waals surface area contributed by atoms with Crippen LogP contribution < -0.4 is 0 Å². The largest absolute Gasteiger partial charge is 0.459 e. The fourth-order valence-corrected chi connectivity index (χ4v) is 2.44. The standard InChI is InChI=1S/C13H15N3O2/c17-13(11-4-2-8-18-11)16-7-1-3-10(9-16)12-14-5-6-15-12/h2,4-6,8,10H,1,3,7,9H2,(H,14,15). The van der Waals surface area contributed by atoms with E-state index < -0.39 is 0 Å². The Balaban J connectivity index is 1.73. The number of nitrogens with zero attached hydrogens (tertiary/aromatic N) is 2. The van der Waals surface area contributed by atoms with Crippen molar-refractivity contribution in [3.05, 3.63) is 42.4 Å². The van der Waals surface area contributed by atoms with Gasteiger partial charge in [-0.1, -0.05) is 0 Å². The number of hydrogen-bond donors (Lipinski definition) is 1. The lowest BCUT2D eigenvalue weighted by molar-refractivity contribution is 0.0672. The molecule has 0 spiro atoms. The lowest BCUT2D eigenvalue weighted by Gasteiger charge is -2.31. The summed E-state index contributed by atoms with van der Waals surface area (Å²) in [5.74, 6) is 1.64. The van der Waals surface area contributed by atoms with Crippen LogP contribution in [0.2, 0.25) is 0 Å². The third-order valence-corrected chi connectivity index (χ3v) is 3.35. The lowest BCUT2D eigenvalue weighted by Crippen LogP contribution is -2.39. The number of likely N-dealkylation sites (tertiary alicyclic amines) is 1. The first kappa shape index (κ1) is 11.1. The van der Waals surface area contributed by atoms with Gasteiger partial charge in [-0.15, -0.1) is 0 Å². The molecule has 94 valence electrons. The summed E-state index contributed by atoms with van der Waals surface area (Å²) in [5, 5.41) is 0. The van der Waals surface area contributed by atoms with Crippen molar-refractivity contribution in [1.29, 1.82) is 0 Å². The molecular formula is C13H15N3O2. The highest BCUT2D eigenvalue weighted by Gasteiger charge is 2.27. The number of rotatable bonds is 2. The van der Waals surface area contributed by atoms with Gasteiger partial charge in [-0.2, -0.15) is 0 Å². The molecule has 1 saturated heterocycles. The first-order valence-corrected chi connectivity index (χ1v) is 6.16. The molecule has 0 aromatic carbocycles. The van der Waals surface area contributed by atoms with E-state index in [4.69, 9.17) is 4.42 Å². The Bertz CT molecular complexity index is 504. The minimum Gasteiger partial charge on any atom is -0.459 e. The average molecular weight is 245 g/mol. The number of hydrogen-bond acceptors (Lipinski definition) is 3. The Morgan fingerprint density at radius 3 is 3.22 bits per heavy atom. The Morgan fingerprint density at radius 2 is 2.50 bits per heavy atom. The molecule has 3 heterocycles. The molecule has 2 aromatic heterocycles. The monoisotopic (exact) mass is 245 g/mol. The van der Waals surface area contributed by atoms with Gasteiger partial charge >= 0.3 is 0 Å². The van der Waals surface area contributed by atoms with Crippen LogP contribution in [-0.4, -0.2) is 33.9 Å². The predicted octanol–water partition coefficient (Wildman–Crippen LogP) is 2.02. The molecule has 1 aliphatic heterocycles. The van der Waals surface area contributed by atoms with E-state index in [1.165, 1.54) is 6.26 Å². The Labute approximate surface area is 105 Å². The first-order chi connectivity index (χ1) is 8.84. The van der Waals surface area contributed by atoms with Crippen molar-refractivity contribution in [3.8, 4) is 0 Å². The normalized spacial score (nSPS) is 20.0. The number of piperidine rings is 1. The van der Waals surface area contributed by atoms with Crippen molar-refractivity contribution < 1.29 is 9.21 Å². The van der Waals surface area contributed by atoms with Crippen LogP contribution in [0.3, 0.4) is 0 Å². The first-order valence-electron chi connectivity index (χ1n) is 6.16. The molecule has 1 fully saturated rings. The molecule has 5 heteroatoms. The number of carbonyl (C=O) groups is 1. The maximum Gasteiger partial charge on any atom is 0.289 e. The number of imidazole rings is 1. The fraction of sp³-hybridized carbons (Fsp3) is 0.385. The van der Waals surface area contributed by atoms with Gasteiger partial charge in [0.25, 0.3) is 5.91 Å². The van der Waals surface area contributed by atoms with E-state index in [0.29, 0.717) is 18.2 Å². The number of aromatic nitrogens is 2. The summed E-state index contributed by atoms with van der Waals surface area (Å²) >= 11 is 0. The number of H-pyrrole nitrogens is 1. The highest BCUT2D eigenvalue weighted by Crippen LogP contribution is 2.25. The number of carbonyl (C=O) groups excluding carboxylic acids is 1. The second kappa shape index (κ2) is 4.68. The van der Waals surface area contributed by atoms with Gasteiger partial charge in [-0.3, -0.25) is 4.79 Å². The SMILES string of the molecule is O=C(c1ccco1)N1CCCC(c2ncc[nH]2)C1. The third-order valence-electron chi connectivity index (χ3n) is 3.35. The van der Waals surface area contributed by atoms with E-state index in [0.717, 1.165) is 25.2 Å². The smallest absolute Gasteiger partial charge is 0.289 e. The van der Waals surface area contributed by atoms with Crippen LogP contribution in [0.25, 0.3) is 0 Å². The van der Waals surface area contributed by atoms with E-state index in [1.807, 2.05) is 11.1 Å². The summed E-state index contributed by atoms with van der Waals surface area (Å²) in [6, 6.07) is 3.44. The van der Waals surface area contributed by atoms with Crippen LogP contribution in [0.1, 0.15) is 35.1 Å². The van der Waals surface area contributed by atoms with Crippen molar-refractivity contribution in [2.24, 2.45) is 0 Å². The highest BCUT2D eigenvalue weighted by molar-refractivity contribution is 5.91. The van der Waals surface area contributed by atoms with Crippen molar-refractivity contribution >= 4 is 5.91 Å². The number of furan rings is 1. The van der Waals surface area contributed by atoms with Crippen molar-refractivity contribution in [2.75, 3.05) is 13.1 Å². The Hall–Kier alpha value is -2.04. The van der Waals surface area contributed by atoms with Crippen LogP contribution >= 0.6 is 0 Å². The summed E-state index contributed by atoms with van der Waals surface area (Å²) in [7, 11) is 0. The summed E-state index contributed by atoms with van der Waals surface area (Å²) in [6.07, 6.45) is 7.17. The van der Waals surface area contributed by atoms with Gasteiger partial charge in [0.1, 0.15) is 5.82 Å². The fourth-order valence-electron chi connectivity index (χ4n) is 2.44. The van der Waals surface area contributed by atoms with Crippen LogP contribution in [0, 0.1) is 0 Å². The molecule has 5 nitrogen and oxygen atoms in total. The van der Waals surface area contributed by atoms with Crippen LogP contribution in [0.5, 0.6) is 0 Å². The van der Waals surface area contributed by atoms with Gasteiger partial charge in [0.2, 0.25) is 0 Å². The maximum absolute atomic E-state index is 12.2. The molecule has 1 unspecified atom stereocenters. The Morgan fingerprint density at radius 1 is 1.56 bits per heavy atom. The second-order valence-electron chi connectivity index (χ2n) is 4.54. The molecule has 2 aromatic rings. The van der Waals surface area contributed by atoms with E-state index in [2.05, 4.69) is 9.97 Å².